The van der Waals surface area contributed by atoms with Crippen molar-refractivity contribution >= 4 is 23.3 Å². The number of rotatable bonds is 3. The van der Waals surface area contributed by atoms with Crippen LogP contribution in [0, 0.1) is 5.41 Å². The highest BCUT2D eigenvalue weighted by Crippen LogP contribution is 2.30. The zero-order valence-corrected chi connectivity index (χ0v) is 13.1. The lowest BCUT2D eigenvalue weighted by atomic mass is 9.88. The molecule has 1 aliphatic rings. The fourth-order valence-corrected chi connectivity index (χ4v) is 2.84. The van der Waals surface area contributed by atoms with Crippen LogP contribution in [0.4, 0.5) is 4.79 Å². The molecule has 0 bridgehead atoms. The molecule has 1 rings (SSSR count). The van der Waals surface area contributed by atoms with E-state index >= 15 is 0 Å². The molecule has 1 fully saturated rings. The van der Waals surface area contributed by atoms with Crippen molar-refractivity contribution in [3.05, 3.63) is 0 Å². The average molecular weight is 273 g/mol. The Labute approximate surface area is 115 Å². The van der Waals surface area contributed by atoms with Gasteiger partial charge in [0, 0.05) is 5.25 Å². The normalized spacial score (nSPS) is 17.6. The maximum atomic E-state index is 11.7. The standard InChI is InChI=1S/C12H21NO2S.C2H6/c1-12(2,3)10(8-14)13-11(15)16-9-6-4-5-7-9;1-2/h8-10H,4-7H2,1-3H3,(H,13,15);1-2H3. The summed E-state index contributed by atoms with van der Waals surface area (Å²) in [5.41, 5.74) is -0.215. The molecule has 0 aromatic carbocycles. The highest BCUT2D eigenvalue weighted by Gasteiger charge is 2.27. The number of amides is 1. The molecule has 0 radical (unpaired) electrons. The van der Waals surface area contributed by atoms with Crippen molar-refractivity contribution in [3.63, 3.8) is 0 Å². The first-order valence-electron chi connectivity index (χ1n) is 6.86. The van der Waals surface area contributed by atoms with Gasteiger partial charge in [0.25, 0.3) is 5.24 Å². The van der Waals surface area contributed by atoms with Gasteiger partial charge in [0.05, 0.1) is 6.04 Å². The first kappa shape index (κ1) is 17.5. The highest BCUT2D eigenvalue weighted by atomic mass is 32.2. The SMILES string of the molecule is CC.CC(C)(C)C(C=O)NC(=O)SC1CCCC1. The lowest BCUT2D eigenvalue weighted by molar-refractivity contribution is -0.111. The smallest absolute Gasteiger partial charge is 0.279 e. The maximum absolute atomic E-state index is 11.7. The number of carbonyl (C=O) groups excluding carboxylic acids is 2. The first-order chi connectivity index (χ1) is 8.43. The summed E-state index contributed by atoms with van der Waals surface area (Å²) in [6, 6.07) is -0.395. The molecule has 1 N–H and O–H groups in total. The van der Waals surface area contributed by atoms with E-state index in [1.54, 1.807) is 0 Å². The second kappa shape index (κ2) is 8.57. The molecule has 1 atom stereocenters. The van der Waals surface area contributed by atoms with Crippen LogP contribution >= 0.6 is 11.8 Å². The van der Waals surface area contributed by atoms with E-state index in [1.807, 2.05) is 34.6 Å². The van der Waals surface area contributed by atoms with Gasteiger partial charge < -0.3 is 10.1 Å². The van der Waals surface area contributed by atoms with Gasteiger partial charge in [-0.3, -0.25) is 4.79 Å². The Kier molecular flexibility index (Phi) is 8.32. The van der Waals surface area contributed by atoms with Crippen molar-refractivity contribution in [1.29, 1.82) is 0 Å². The van der Waals surface area contributed by atoms with E-state index in [0.29, 0.717) is 5.25 Å². The minimum absolute atomic E-state index is 0.0566. The van der Waals surface area contributed by atoms with Crippen LogP contribution in [0.3, 0.4) is 0 Å². The molecule has 1 aliphatic carbocycles. The number of hydrogen-bond donors (Lipinski definition) is 1. The van der Waals surface area contributed by atoms with Crippen LogP contribution in [0.25, 0.3) is 0 Å². The summed E-state index contributed by atoms with van der Waals surface area (Å²) in [6.07, 6.45) is 5.52. The fourth-order valence-electron chi connectivity index (χ4n) is 1.77. The van der Waals surface area contributed by atoms with Crippen LogP contribution in [0.15, 0.2) is 0 Å². The Hall–Kier alpha value is -0.510. The molecular weight excluding hydrogens is 246 g/mol. The molecule has 106 valence electrons. The fraction of sp³-hybridized carbons (Fsp3) is 0.857. The van der Waals surface area contributed by atoms with Crippen molar-refractivity contribution in [2.75, 3.05) is 0 Å². The Morgan fingerprint density at radius 1 is 1.28 bits per heavy atom. The lowest BCUT2D eigenvalue weighted by Crippen LogP contribution is -2.43. The van der Waals surface area contributed by atoms with E-state index in [1.165, 1.54) is 24.6 Å². The van der Waals surface area contributed by atoms with E-state index in [4.69, 9.17) is 0 Å². The number of hydrogen-bond acceptors (Lipinski definition) is 3. The van der Waals surface area contributed by atoms with Crippen molar-refractivity contribution in [1.82, 2.24) is 5.32 Å². The van der Waals surface area contributed by atoms with Crippen LogP contribution in [-0.4, -0.2) is 22.8 Å². The second-order valence-electron chi connectivity index (χ2n) is 5.44. The second-order valence-corrected chi connectivity index (χ2v) is 6.71. The van der Waals surface area contributed by atoms with E-state index in [-0.39, 0.29) is 10.7 Å². The third kappa shape index (κ3) is 6.43. The first-order valence-corrected chi connectivity index (χ1v) is 7.74. The number of nitrogens with one attached hydrogen (secondary N) is 1. The van der Waals surface area contributed by atoms with Crippen molar-refractivity contribution in [2.24, 2.45) is 5.41 Å². The van der Waals surface area contributed by atoms with Gasteiger partial charge in [0.15, 0.2) is 0 Å². The van der Waals surface area contributed by atoms with Gasteiger partial charge in [0.2, 0.25) is 0 Å². The molecule has 1 saturated carbocycles. The lowest BCUT2D eigenvalue weighted by Gasteiger charge is -2.26. The summed E-state index contributed by atoms with van der Waals surface area (Å²) in [5.74, 6) is 0. The molecule has 1 unspecified atom stereocenters. The third-order valence-electron chi connectivity index (χ3n) is 2.92. The number of carbonyl (C=O) groups is 2. The molecule has 18 heavy (non-hydrogen) atoms. The summed E-state index contributed by atoms with van der Waals surface area (Å²) in [5, 5.41) is 3.18. The van der Waals surface area contributed by atoms with Gasteiger partial charge in [-0.25, -0.2) is 0 Å². The Bertz CT molecular complexity index is 255. The Morgan fingerprint density at radius 2 is 1.78 bits per heavy atom. The average Bonchev–Trinajstić information content (AvgIpc) is 2.79. The topological polar surface area (TPSA) is 46.2 Å². The van der Waals surface area contributed by atoms with Gasteiger partial charge in [-0.1, -0.05) is 59.2 Å². The van der Waals surface area contributed by atoms with E-state index in [2.05, 4.69) is 5.32 Å². The summed E-state index contributed by atoms with van der Waals surface area (Å²) in [4.78, 5) is 22.6. The van der Waals surface area contributed by atoms with E-state index < -0.39 is 6.04 Å². The molecule has 0 aromatic rings. The highest BCUT2D eigenvalue weighted by molar-refractivity contribution is 8.14. The molecule has 0 aromatic heterocycles. The zero-order valence-electron chi connectivity index (χ0n) is 12.3. The third-order valence-corrected chi connectivity index (χ3v) is 4.06. The van der Waals surface area contributed by atoms with Gasteiger partial charge in [-0.2, -0.15) is 0 Å². The van der Waals surface area contributed by atoms with Gasteiger partial charge >= 0.3 is 0 Å². The molecule has 0 saturated heterocycles. The molecule has 4 heteroatoms. The zero-order chi connectivity index (χ0) is 14.2. The van der Waals surface area contributed by atoms with Crippen molar-refractivity contribution in [3.8, 4) is 0 Å². The molecule has 3 nitrogen and oxygen atoms in total. The predicted molar refractivity (Wildman–Crippen MR) is 79.0 cm³/mol. The quantitative estimate of drug-likeness (QED) is 0.790. The summed E-state index contributed by atoms with van der Waals surface area (Å²) in [7, 11) is 0. The van der Waals surface area contributed by atoms with Crippen LogP contribution in [0.1, 0.15) is 60.3 Å². The monoisotopic (exact) mass is 273 g/mol. The summed E-state index contributed by atoms with van der Waals surface area (Å²) < 4.78 is 0. The van der Waals surface area contributed by atoms with Gasteiger partial charge in [-0.15, -0.1) is 0 Å². The minimum atomic E-state index is -0.395. The largest absolute Gasteiger partial charge is 0.337 e. The number of thioether (sulfide) groups is 1. The van der Waals surface area contributed by atoms with E-state index in [9.17, 15) is 9.59 Å². The van der Waals surface area contributed by atoms with Gasteiger partial charge in [0.1, 0.15) is 6.29 Å². The number of aldehydes is 1. The molecule has 0 spiro atoms. The predicted octanol–water partition coefficient (Wildman–Crippen LogP) is 4.01. The van der Waals surface area contributed by atoms with Crippen LogP contribution in [-0.2, 0) is 4.79 Å². The minimum Gasteiger partial charge on any atom is -0.337 e. The summed E-state index contributed by atoms with van der Waals surface area (Å²) in [6.45, 7) is 9.85. The molecular formula is C14H27NO2S. The van der Waals surface area contributed by atoms with Crippen LogP contribution in [0.5, 0.6) is 0 Å². The summed E-state index contributed by atoms with van der Waals surface area (Å²) >= 11 is 1.36. The Balaban J connectivity index is 0.00000137. The van der Waals surface area contributed by atoms with Crippen LogP contribution < -0.4 is 5.32 Å². The molecule has 0 heterocycles. The van der Waals surface area contributed by atoms with Crippen molar-refractivity contribution in [2.45, 2.75) is 71.6 Å². The van der Waals surface area contributed by atoms with Crippen LogP contribution in [0.2, 0.25) is 0 Å². The Morgan fingerprint density at radius 3 is 2.17 bits per heavy atom. The van der Waals surface area contributed by atoms with Gasteiger partial charge in [-0.05, 0) is 18.3 Å². The molecule has 0 aliphatic heterocycles. The van der Waals surface area contributed by atoms with Crippen molar-refractivity contribution < 1.29 is 9.59 Å². The molecule has 1 amide bonds. The maximum Gasteiger partial charge on any atom is 0.279 e. The van der Waals surface area contributed by atoms with E-state index in [0.717, 1.165) is 19.1 Å².